The third-order valence-corrected chi connectivity index (χ3v) is 7.03. The van der Waals surface area contributed by atoms with E-state index in [-0.39, 0.29) is 17.0 Å². The lowest BCUT2D eigenvalue weighted by Crippen LogP contribution is -2.35. The Kier molecular flexibility index (Phi) is 6.59. The number of amides is 1. The summed E-state index contributed by atoms with van der Waals surface area (Å²) in [5.41, 5.74) is 0.946. The third-order valence-electron chi connectivity index (χ3n) is 4.77. The predicted octanol–water partition coefficient (Wildman–Crippen LogP) is 3.45. The lowest BCUT2D eigenvalue weighted by atomic mass is 10.1. The van der Waals surface area contributed by atoms with E-state index in [2.05, 4.69) is 5.32 Å². The third kappa shape index (κ3) is 4.48. The maximum Gasteiger partial charge on any atom is 0.255 e. The van der Waals surface area contributed by atoms with Crippen LogP contribution in [0, 0.1) is 0 Å². The first-order valence-electron chi connectivity index (χ1n) is 9.13. The Hall–Kier alpha value is -2.09. The highest BCUT2D eigenvalue weighted by Crippen LogP contribution is 2.26. The van der Waals surface area contributed by atoms with Gasteiger partial charge in [0.2, 0.25) is 10.0 Å². The van der Waals surface area contributed by atoms with Gasteiger partial charge in [-0.15, -0.1) is 0 Å². The highest BCUT2D eigenvalue weighted by atomic mass is 35.5. The first-order chi connectivity index (χ1) is 13.4. The van der Waals surface area contributed by atoms with E-state index in [1.165, 1.54) is 29.6 Å². The Morgan fingerprint density at radius 1 is 1.14 bits per heavy atom. The second-order valence-corrected chi connectivity index (χ2v) is 8.95. The molecule has 8 heteroatoms. The summed E-state index contributed by atoms with van der Waals surface area (Å²) >= 11 is 6.12. The van der Waals surface area contributed by atoms with Crippen LogP contribution in [0.15, 0.2) is 47.4 Å². The van der Waals surface area contributed by atoms with Crippen LogP contribution in [0.5, 0.6) is 5.75 Å². The van der Waals surface area contributed by atoms with Crippen molar-refractivity contribution in [1.82, 2.24) is 9.62 Å². The average Bonchev–Trinajstić information content (AvgIpc) is 2.73. The van der Waals surface area contributed by atoms with Gasteiger partial charge in [0, 0.05) is 24.7 Å². The Morgan fingerprint density at radius 3 is 2.54 bits per heavy atom. The molecule has 0 atom stereocenters. The summed E-state index contributed by atoms with van der Waals surface area (Å²) in [6.45, 7) is 1.23. The summed E-state index contributed by atoms with van der Waals surface area (Å²) in [5, 5.41) is 3.33. The fourth-order valence-corrected chi connectivity index (χ4v) is 4.94. The van der Waals surface area contributed by atoms with Gasteiger partial charge in [0.05, 0.1) is 17.6 Å². The van der Waals surface area contributed by atoms with Crippen LogP contribution in [0.25, 0.3) is 0 Å². The number of benzene rings is 2. The molecular formula is C20H23ClN2O4S. The van der Waals surface area contributed by atoms with E-state index in [1.54, 1.807) is 6.07 Å². The van der Waals surface area contributed by atoms with E-state index in [1.807, 2.05) is 18.2 Å². The first-order valence-corrected chi connectivity index (χ1v) is 10.9. The molecule has 0 aliphatic carbocycles. The van der Waals surface area contributed by atoms with Crippen molar-refractivity contribution in [2.75, 3.05) is 20.2 Å². The zero-order chi connectivity index (χ0) is 20.1. The number of ether oxygens (including phenoxy) is 1. The van der Waals surface area contributed by atoms with E-state index >= 15 is 0 Å². The van der Waals surface area contributed by atoms with E-state index < -0.39 is 15.9 Å². The number of piperidine rings is 1. The molecule has 0 radical (unpaired) electrons. The van der Waals surface area contributed by atoms with Crippen molar-refractivity contribution in [2.24, 2.45) is 0 Å². The summed E-state index contributed by atoms with van der Waals surface area (Å²) in [7, 11) is -2.20. The van der Waals surface area contributed by atoms with Crippen molar-refractivity contribution >= 4 is 27.5 Å². The highest BCUT2D eigenvalue weighted by Gasteiger charge is 2.27. The summed E-state index contributed by atoms with van der Waals surface area (Å²) < 4.78 is 32.6. The van der Waals surface area contributed by atoms with Gasteiger partial charge < -0.3 is 10.1 Å². The summed E-state index contributed by atoms with van der Waals surface area (Å²) in [6, 6.07) is 11.6. The van der Waals surface area contributed by atoms with Crippen molar-refractivity contribution in [3.8, 4) is 5.75 Å². The van der Waals surface area contributed by atoms with Crippen molar-refractivity contribution in [2.45, 2.75) is 30.7 Å². The van der Waals surface area contributed by atoms with Crippen LogP contribution >= 0.6 is 11.6 Å². The number of carbonyl (C=O) groups excluding carboxylic acids is 1. The number of methoxy groups -OCH3 is 1. The molecule has 0 spiro atoms. The van der Waals surface area contributed by atoms with Crippen molar-refractivity contribution in [3.05, 3.63) is 58.6 Å². The normalized spacial score (nSPS) is 15.2. The second kappa shape index (κ2) is 8.94. The van der Waals surface area contributed by atoms with Crippen LogP contribution in [-0.2, 0) is 16.6 Å². The lowest BCUT2D eigenvalue weighted by Gasteiger charge is -2.26. The zero-order valence-corrected chi connectivity index (χ0v) is 17.2. The molecule has 1 heterocycles. The quantitative estimate of drug-likeness (QED) is 0.773. The molecule has 1 fully saturated rings. The van der Waals surface area contributed by atoms with Gasteiger partial charge in [-0.2, -0.15) is 4.31 Å². The number of hydrogen-bond donors (Lipinski definition) is 1. The number of sulfonamides is 1. The van der Waals surface area contributed by atoms with Crippen LogP contribution in [0.2, 0.25) is 5.02 Å². The monoisotopic (exact) mass is 422 g/mol. The topological polar surface area (TPSA) is 75.7 Å². The molecule has 1 saturated heterocycles. The maximum absolute atomic E-state index is 12.9. The molecule has 1 aliphatic rings. The largest absolute Gasteiger partial charge is 0.496 e. The molecule has 0 unspecified atom stereocenters. The van der Waals surface area contributed by atoms with Gasteiger partial charge in [0.1, 0.15) is 5.75 Å². The van der Waals surface area contributed by atoms with Crippen LogP contribution in [0.1, 0.15) is 35.2 Å². The Balaban J connectivity index is 1.84. The number of hydrogen-bond acceptors (Lipinski definition) is 4. The number of rotatable bonds is 6. The molecule has 0 aromatic heterocycles. The van der Waals surface area contributed by atoms with E-state index in [0.29, 0.717) is 23.9 Å². The lowest BCUT2D eigenvalue weighted by molar-refractivity contribution is 0.0947. The fourth-order valence-electron chi connectivity index (χ4n) is 3.19. The molecule has 2 aromatic carbocycles. The minimum Gasteiger partial charge on any atom is -0.496 e. The fraction of sp³-hybridized carbons (Fsp3) is 0.350. The van der Waals surface area contributed by atoms with Crippen LogP contribution < -0.4 is 10.1 Å². The molecule has 150 valence electrons. The van der Waals surface area contributed by atoms with Gasteiger partial charge in [0.25, 0.3) is 5.91 Å². The smallest absolute Gasteiger partial charge is 0.255 e. The van der Waals surface area contributed by atoms with Crippen molar-refractivity contribution < 1.29 is 17.9 Å². The molecule has 0 bridgehead atoms. The molecule has 6 nitrogen and oxygen atoms in total. The summed E-state index contributed by atoms with van der Waals surface area (Å²) in [5.74, 6) is -0.110. The number of halogens is 1. The molecule has 3 rings (SSSR count). The van der Waals surface area contributed by atoms with Gasteiger partial charge in [0.15, 0.2) is 0 Å². The van der Waals surface area contributed by atoms with E-state index in [4.69, 9.17) is 16.3 Å². The highest BCUT2D eigenvalue weighted by molar-refractivity contribution is 7.89. The van der Waals surface area contributed by atoms with E-state index in [9.17, 15) is 13.2 Å². The van der Waals surface area contributed by atoms with Gasteiger partial charge >= 0.3 is 0 Å². The number of nitrogens with zero attached hydrogens (tertiary/aromatic N) is 1. The van der Waals surface area contributed by atoms with Gasteiger partial charge in [-0.3, -0.25) is 4.79 Å². The van der Waals surface area contributed by atoms with Crippen molar-refractivity contribution in [3.63, 3.8) is 0 Å². The summed E-state index contributed by atoms with van der Waals surface area (Å²) in [4.78, 5) is 12.8. The predicted molar refractivity (Wildman–Crippen MR) is 108 cm³/mol. The minimum atomic E-state index is -3.64. The molecule has 1 N–H and O–H groups in total. The van der Waals surface area contributed by atoms with Gasteiger partial charge in [-0.25, -0.2) is 8.42 Å². The molecular weight excluding hydrogens is 400 g/mol. The standard InChI is InChI=1S/C20H23ClN2O4S/c1-27-19-10-9-16(28(25,26)23-11-5-2-6-12-23)13-17(19)20(24)22-14-15-7-3-4-8-18(15)21/h3-4,7-10,13H,2,5-6,11-12,14H2,1H3,(H,22,24). The number of carbonyl (C=O) groups is 1. The minimum absolute atomic E-state index is 0.0955. The molecule has 0 saturated carbocycles. The maximum atomic E-state index is 12.9. The van der Waals surface area contributed by atoms with Gasteiger partial charge in [-0.1, -0.05) is 36.2 Å². The second-order valence-electron chi connectivity index (χ2n) is 6.60. The first kappa shape index (κ1) is 20.6. The van der Waals surface area contributed by atoms with Crippen LogP contribution in [-0.4, -0.2) is 38.8 Å². The average molecular weight is 423 g/mol. The van der Waals surface area contributed by atoms with E-state index in [0.717, 1.165) is 24.8 Å². The molecule has 1 amide bonds. The Morgan fingerprint density at radius 2 is 1.86 bits per heavy atom. The molecule has 28 heavy (non-hydrogen) atoms. The number of nitrogens with one attached hydrogen (secondary N) is 1. The van der Waals surface area contributed by atoms with Crippen LogP contribution in [0.4, 0.5) is 0 Å². The van der Waals surface area contributed by atoms with Crippen LogP contribution in [0.3, 0.4) is 0 Å². The Labute approximate surface area is 170 Å². The van der Waals surface area contributed by atoms with Gasteiger partial charge in [-0.05, 0) is 42.7 Å². The molecule has 2 aromatic rings. The Bertz CT molecular complexity index is 956. The molecule has 1 aliphatic heterocycles. The zero-order valence-electron chi connectivity index (χ0n) is 15.7. The summed E-state index contributed by atoms with van der Waals surface area (Å²) in [6.07, 6.45) is 2.73. The van der Waals surface area contributed by atoms with Crippen molar-refractivity contribution in [1.29, 1.82) is 0 Å². The SMILES string of the molecule is COc1ccc(S(=O)(=O)N2CCCCC2)cc1C(=O)NCc1ccccc1Cl.